The second-order valence-electron chi connectivity index (χ2n) is 14.4. The second-order valence-corrected chi connectivity index (χ2v) is 14.4. The number of carbonyl (C=O) groups is 2. The van der Waals surface area contributed by atoms with E-state index in [1.165, 1.54) is 24.0 Å². The average Bonchev–Trinajstić information content (AvgIpc) is 3.90. The fourth-order valence-corrected chi connectivity index (χ4v) is 8.20. The number of carbonyl (C=O) groups excluding carboxylic acids is 2. The van der Waals surface area contributed by atoms with Crippen molar-refractivity contribution in [2.45, 2.75) is 76.2 Å². The van der Waals surface area contributed by atoms with Gasteiger partial charge in [-0.15, -0.1) is 0 Å². The molecule has 2 saturated carbocycles. The molecule has 1 aliphatic heterocycles. The molecule has 3 atom stereocenters. The number of methoxy groups -OCH3 is 2. The number of nitrogens with one attached hydrogen (secondary N) is 1. The Balaban J connectivity index is 0.857. The van der Waals surface area contributed by atoms with Crippen molar-refractivity contribution in [1.29, 1.82) is 0 Å². The van der Waals surface area contributed by atoms with Crippen molar-refractivity contribution in [1.82, 2.24) is 9.80 Å². The van der Waals surface area contributed by atoms with Crippen LogP contribution >= 0.6 is 0 Å². The zero-order valence-corrected chi connectivity index (χ0v) is 30.3. The lowest BCUT2D eigenvalue weighted by atomic mass is 10.0. The summed E-state index contributed by atoms with van der Waals surface area (Å²) >= 11 is 0. The van der Waals surface area contributed by atoms with E-state index >= 15 is 0 Å². The Kier molecular flexibility index (Phi) is 13.5. The van der Waals surface area contributed by atoms with Gasteiger partial charge < -0.3 is 28.7 Å². The minimum Gasteiger partial charge on any atom is -0.446 e. The summed E-state index contributed by atoms with van der Waals surface area (Å²) in [5.74, 6) is 1.27. The van der Waals surface area contributed by atoms with Crippen LogP contribution in [0.4, 0.5) is 10.5 Å². The first kappa shape index (κ1) is 37.0. The topological polar surface area (TPSA) is 89.6 Å². The summed E-state index contributed by atoms with van der Waals surface area (Å²) in [4.78, 5) is 30.4. The molecule has 1 heterocycles. The maximum Gasteiger partial charge on any atom is 0.411 e. The summed E-state index contributed by atoms with van der Waals surface area (Å²) < 4.78 is 22.5. The van der Waals surface area contributed by atoms with Crippen LogP contribution in [0.2, 0.25) is 0 Å². The average molecular weight is 698 g/mol. The fraction of sp³-hybridized carbons (Fsp3) is 0.524. The summed E-state index contributed by atoms with van der Waals surface area (Å²) in [5.41, 5.74) is 5.40. The molecule has 0 bridgehead atoms. The van der Waals surface area contributed by atoms with Gasteiger partial charge in [-0.05, 0) is 73.1 Å². The second kappa shape index (κ2) is 18.6. The third-order valence-corrected chi connectivity index (χ3v) is 11.0. The van der Waals surface area contributed by atoms with Gasteiger partial charge in [0.05, 0.1) is 31.9 Å². The van der Waals surface area contributed by atoms with E-state index in [0.29, 0.717) is 38.0 Å². The first-order valence-corrected chi connectivity index (χ1v) is 18.8. The van der Waals surface area contributed by atoms with Crippen molar-refractivity contribution in [3.8, 4) is 11.1 Å². The standard InChI is InChI=1S/C42H55N3O6/c1-48-41(49-2)30-45(36-12-6-7-13-36)40(46)22-25-50-24-21-32-18-16-31(17-19-32)20-23-44-28-34-26-37(27-35(34)29-44)51-42(47)43-39-15-9-8-14-38(39)33-10-4-3-5-11-33/h3-5,8-11,14-19,34-37,41H,6-7,12-13,20-30H2,1-2H3,(H,43,47)/t34-,35?,37?/m1/s1. The van der Waals surface area contributed by atoms with Crippen molar-refractivity contribution in [2.24, 2.45) is 11.8 Å². The Hall–Kier alpha value is -3.76. The highest BCUT2D eigenvalue weighted by molar-refractivity contribution is 5.91. The van der Waals surface area contributed by atoms with Crippen LogP contribution in [-0.4, -0.2) is 93.8 Å². The monoisotopic (exact) mass is 697 g/mol. The number of para-hydroxylation sites is 1. The number of hydrogen-bond donors (Lipinski definition) is 1. The number of likely N-dealkylation sites (tertiary alicyclic amines) is 1. The molecule has 3 fully saturated rings. The normalized spacial score (nSPS) is 20.5. The molecular weight excluding hydrogens is 642 g/mol. The summed E-state index contributed by atoms with van der Waals surface area (Å²) in [6.45, 7) is 4.66. The molecule has 9 heteroatoms. The number of benzene rings is 3. The quantitative estimate of drug-likeness (QED) is 0.118. The van der Waals surface area contributed by atoms with Crippen LogP contribution in [0.15, 0.2) is 78.9 Å². The van der Waals surface area contributed by atoms with Gasteiger partial charge in [0.25, 0.3) is 0 Å². The lowest BCUT2D eigenvalue weighted by Gasteiger charge is -2.31. The number of fused-ring (bicyclic) bond motifs is 1. The third kappa shape index (κ3) is 10.4. The molecular formula is C42H55N3O6. The molecule has 2 unspecified atom stereocenters. The largest absolute Gasteiger partial charge is 0.446 e. The van der Waals surface area contributed by atoms with E-state index in [9.17, 15) is 9.59 Å². The maximum atomic E-state index is 13.0. The van der Waals surface area contributed by atoms with Crippen LogP contribution < -0.4 is 5.32 Å². The molecule has 2 aliphatic carbocycles. The number of nitrogens with zero attached hydrogens (tertiary/aromatic N) is 2. The van der Waals surface area contributed by atoms with Gasteiger partial charge >= 0.3 is 6.09 Å². The van der Waals surface area contributed by atoms with Crippen molar-refractivity contribution in [3.05, 3.63) is 90.0 Å². The van der Waals surface area contributed by atoms with Crippen LogP contribution in [-0.2, 0) is 36.6 Å². The third-order valence-electron chi connectivity index (χ3n) is 11.0. The maximum absolute atomic E-state index is 13.0. The van der Waals surface area contributed by atoms with Gasteiger partial charge in [-0.2, -0.15) is 0 Å². The van der Waals surface area contributed by atoms with E-state index in [-0.39, 0.29) is 24.1 Å². The zero-order valence-electron chi connectivity index (χ0n) is 30.3. The smallest absolute Gasteiger partial charge is 0.411 e. The Labute approximate surface area is 303 Å². The molecule has 0 aromatic heterocycles. The zero-order chi connectivity index (χ0) is 35.4. The van der Waals surface area contributed by atoms with Crippen LogP contribution in [0.3, 0.4) is 0 Å². The molecule has 274 valence electrons. The molecule has 0 spiro atoms. The van der Waals surface area contributed by atoms with E-state index in [0.717, 1.165) is 75.0 Å². The molecule has 1 N–H and O–H groups in total. The lowest BCUT2D eigenvalue weighted by Crippen LogP contribution is -2.44. The van der Waals surface area contributed by atoms with E-state index in [1.54, 1.807) is 14.2 Å². The number of amides is 2. The van der Waals surface area contributed by atoms with E-state index in [2.05, 4.69) is 34.5 Å². The van der Waals surface area contributed by atoms with Gasteiger partial charge in [0.1, 0.15) is 6.10 Å². The Morgan fingerprint density at radius 3 is 2.16 bits per heavy atom. The first-order chi connectivity index (χ1) is 25.0. The molecule has 51 heavy (non-hydrogen) atoms. The molecule has 1 saturated heterocycles. The van der Waals surface area contributed by atoms with Gasteiger partial charge in [-0.1, -0.05) is 85.6 Å². The Morgan fingerprint density at radius 2 is 1.47 bits per heavy atom. The van der Waals surface area contributed by atoms with E-state index < -0.39 is 6.29 Å². The van der Waals surface area contributed by atoms with Crippen LogP contribution in [0.1, 0.15) is 56.1 Å². The van der Waals surface area contributed by atoms with Gasteiger partial charge in [-0.25, -0.2) is 4.79 Å². The van der Waals surface area contributed by atoms with E-state index in [1.807, 2.05) is 59.5 Å². The lowest BCUT2D eigenvalue weighted by molar-refractivity contribution is -0.150. The number of hydrogen-bond acceptors (Lipinski definition) is 7. The van der Waals surface area contributed by atoms with Crippen molar-refractivity contribution in [3.63, 3.8) is 0 Å². The van der Waals surface area contributed by atoms with Crippen molar-refractivity contribution >= 4 is 17.7 Å². The molecule has 3 aromatic rings. The van der Waals surface area contributed by atoms with Gasteiger partial charge in [0.2, 0.25) is 5.91 Å². The van der Waals surface area contributed by atoms with Crippen molar-refractivity contribution in [2.75, 3.05) is 58.9 Å². The van der Waals surface area contributed by atoms with Crippen molar-refractivity contribution < 1.29 is 28.5 Å². The molecule has 6 rings (SSSR count). The first-order valence-electron chi connectivity index (χ1n) is 18.8. The highest BCUT2D eigenvalue weighted by Crippen LogP contribution is 2.40. The minimum absolute atomic E-state index is 0.0285. The highest BCUT2D eigenvalue weighted by atomic mass is 16.7. The highest BCUT2D eigenvalue weighted by Gasteiger charge is 2.42. The number of ether oxygens (including phenoxy) is 4. The number of anilines is 1. The van der Waals surface area contributed by atoms with Crippen LogP contribution in [0.5, 0.6) is 0 Å². The molecule has 0 radical (unpaired) electrons. The predicted octanol–water partition coefficient (Wildman–Crippen LogP) is 7.19. The van der Waals surface area contributed by atoms with E-state index in [4.69, 9.17) is 18.9 Å². The summed E-state index contributed by atoms with van der Waals surface area (Å²) in [7, 11) is 3.23. The SMILES string of the molecule is COC(CN(C(=O)CCOCCc1ccc(CCN2CC3CC(OC(=O)Nc4ccccc4-c4ccccc4)C[C@@H]3C2)cc1)C1CCCC1)OC. The van der Waals surface area contributed by atoms with Gasteiger partial charge in [0.15, 0.2) is 6.29 Å². The Bertz CT molecular complexity index is 1510. The van der Waals surface area contributed by atoms with Crippen LogP contribution in [0.25, 0.3) is 11.1 Å². The molecule has 3 aliphatic rings. The fourth-order valence-electron chi connectivity index (χ4n) is 8.20. The molecule has 2 amide bonds. The molecule has 3 aromatic carbocycles. The van der Waals surface area contributed by atoms with Gasteiger partial charge in [-0.3, -0.25) is 10.1 Å². The minimum atomic E-state index is -0.404. The summed E-state index contributed by atoms with van der Waals surface area (Å²) in [6.07, 6.45) is 7.71. The van der Waals surface area contributed by atoms with Gasteiger partial charge in [0, 0.05) is 45.5 Å². The predicted molar refractivity (Wildman–Crippen MR) is 199 cm³/mol. The Morgan fingerprint density at radius 1 is 0.824 bits per heavy atom. The molecule has 9 nitrogen and oxygen atoms in total. The summed E-state index contributed by atoms with van der Waals surface area (Å²) in [5, 5.41) is 2.99. The van der Waals surface area contributed by atoms with Crippen LogP contribution in [0, 0.1) is 11.8 Å². The number of rotatable bonds is 17. The summed E-state index contributed by atoms with van der Waals surface area (Å²) in [6, 6.07) is 27.1.